The maximum Gasteiger partial charge on any atom is 0.117 e. The van der Waals surface area contributed by atoms with E-state index in [1.165, 1.54) is 5.56 Å². The minimum atomic E-state index is 0.347. The monoisotopic (exact) mass is 367 g/mol. The van der Waals surface area contributed by atoms with Gasteiger partial charge >= 0.3 is 0 Å². The molecule has 0 aliphatic carbocycles. The average molecular weight is 368 g/mol. The number of hydrogen-bond acceptors (Lipinski definition) is 3. The number of halogens is 1. The van der Waals surface area contributed by atoms with Crippen molar-refractivity contribution < 1.29 is 0 Å². The van der Waals surface area contributed by atoms with Crippen molar-refractivity contribution in [2.24, 2.45) is 5.18 Å². The molecular formula is C21H18ClNOS. The molecule has 0 fully saturated rings. The van der Waals surface area contributed by atoms with Crippen LogP contribution in [0, 0.1) is 4.91 Å². The Morgan fingerprint density at radius 1 is 1.00 bits per heavy atom. The molecule has 1 atom stereocenters. The van der Waals surface area contributed by atoms with Gasteiger partial charge in [0.1, 0.15) is 5.69 Å². The molecule has 0 spiro atoms. The summed E-state index contributed by atoms with van der Waals surface area (Å²) in [6, 6.07) is 21.5. The van der Waals surface area contributed by atoms with E-state index in [0.29, 0.717) is 22.2 Å². The van der Waals surface area contributed by atoms with Gasteiger partial charge in [-0.1, -0.05) is 73.1 Å². The molecule has 1 unspecified atom stereocenters. The molecule has 2 nitrogen and oxygen atoms in total. The van der Waals surface area contributed by atoms with Crippen molar-refractivity contribution in [3.8, 4) is 22.3 Å². The molecule has 3 aromatic carbocycles. The fourth-order valence-electron chi connectivity index (χ4n) is 2.93. The van der Waals surface area contributed by atoms with Crippen LogP contribution >= 0.6 is 24.2 Å². The van der Waals surface area contributed by atoms with Gasteiger partial charge < -0.3 is 0 Å². The zero-order valence-corrected chi connectivity index (χ0v) is 15.5. The Morgan fingerprint density at radius 3 is 2.44 bits per heavy atom. The Bertz CT molecular complexity index is 910. The molecule has 0 heterocycles. The maximum atomic E-state index is 11.3. The van der Waals surface area contributed by atoms with Crippen molar-refractivity contribution >= 4 is 29.9 Å². The third kappa shape index (κ3) is 3.63. The molecule has 0 amide bonds. The number of nitrogens with zero attached hydrogens (tertiary/aromatic N) is 1. The second-order valence-corrected chi connectivity index (χ2v) is 6.75. The molecule has 4 heteroatoms. The molecule has 0 aromatic heterocycles. The van der Waals surface area contributed by atoms with E-state index in [0.717, 1.165) is 22.4 Å². The lowest BCUT2D eigenvalue weighted by Crippen LogP contribution is -1.95. The van der Waals surface area contributed by atoms with Crippen LogP contribution in [0.1, 0.15) is 18.4 Å². The van der Waals surface area contributed by atoms with E-state index >= 15 is 0 Å². The van der Waals surface area contributed by atoms with Gasteiger partial charge in [0, 0.05) is 5.56 Å². The molecule has 0 saturated carbocycles. The van der Waals surface area contributed by atoms with Crippen LogP contribution in [0.15, 0.2) is 71.9 Å². The van der Waals surface area contributed by atoms with Gasteiger partial charge in [0.15, 0.2) is 0 Å². The van der Waals surface area contributed by atoms with Crippen LogP contribution in [0.4, 0.5) is 5.69 Å². The van der Waals surface area contributed by atoms with Crippen molar-refractivity contribution in [2.75, 3.05) is 5.75 Å². The SMILES string of the molecule is CC(CS)c1cccc(-c2ccccc2-c2c(Cl)cccc2N=O)c1. The van der Waals surface area contributed by atoms with Crippen molar-refractivity contribution in [2.45, 2.75) is 12.8 Å². The highest BCUT2D eigenvalue weighted by Crippen LogP contribution is 2.41. The normalized spacial score (nSPS) is 12.0. The smallest absolute Gasteiger partial charge is 0.117 e. The largest absolute Gasteiger partial charge is 0.179 e. The Kier molecular flexibility index (Phi) is 5.57. The number of rotatable bonds is 5. The molecule has 0 radical (unpaired) electrons. The van der Waals surface area contributed by atoms with Crippen LogP contribution in [-0.4, -0.2) is 5.75 Å². The zero-order chi connectivity index (χ0) is 17.8. The summed E-state index contributed by atoms with van der Waals surface area (Å²) in [6.07, 6.45) is 0. The van der Waals surface area contributed by atoms with Crippen LogP contribution in [0.2, 0.25) is 5.02 Å². The number of hydrogen-bond donors (Lipinski definition) is 1. The summed E-state index contributed by atoms with van der Waals surface area (Å²) in [4.78, 5) is 11.3. The fourth-order valence-corrected chi connectivity index (χ4v) is 3.41. The molecule has 3 rings (SSSR count). The van der Waals surface area contributed by atoms with Gasteiger partial charge in [0.2, 0.25) is 0 Å². The molecular weight excluding hydrogens is 350 g/mol. The van der Waals surface area contributed by atoms with Gasteiger partial charge in [-0.2, -0.15) is 12.6 Å². The van der Waals surface area contributed by atoms with Crippen LogP contribution in [-0.2, 0) is 0 Å². The van der Waals surface area contributed by atoms with E-state index in [2.05, 4.69) is 42.9 Å². The van der Waals surface area contributed by atoms with Crippen LogP contribution in [0.3, 0.4) is 0 Å². The summed E-state index contributed by atoms with van der Waals surface area (Å²) in [7, 11) is 0. The van der Waals surface area contributed by atoms with Crippen LogP contribution in [0.25, 0.3) is 22.3 Å². The van der Waals surface area contributed by atoms with Gasteiger partial charge in [-0.25, -0.2) is 0 Å². The quantitative estimate of drug-likeness (QED) is 0.378. The second kappa shape index (κ2) is 7.85. The highest BCUT2D eigenvalue weighted by molar-refractivity contribution is 7.80. The summed E-state index contributed by atoms with van der Waals surface area (Å²) in [5, 5.41) is 3.68. The third-order valence-electron chi connectivity index (χ3n) is 4.33. The van der Waals surface area contributed by atoms with E-state index in [4.69, 9.17) is 11.6 Å². The van der Waals surface area contributed by atoms with Gasteiger partial charge in [0.05, 0.1) is 5.02 Å². The summed E-state index contributed by atoms with van der Waals surface area (Å²) < 4.78 is 0. The van der Waals surface area contributed by atoms with Gasteiger partial charge in [-0.15, -0.1) is 4.91 Å². The van der Waals surface area contributed by atoms with Crippen LogP contribution in [0.5, 0.6) is 0 Å². The third-order valence-corrected chi connectivity index (χ3v) is 5.19. The first-order valence-electron chi connectivity index (χ1n) is 8.08. The van der Waals surface area contributed by atoms with E-state index < -0.39 is 0 Å². The lowest BCUT2D eigenvalue weighted by molar-refractivity contribution is 0.884. The lowest BCUT2D eigenvalue weighted by atomic mass is 9.91. The fraction of sp³-hybridized carbons (Fsp3) is 0.143. The Hall–Kier alpha value is -2.10. The maximum absolute atomic E-state index is 11.3. The van der Waals surface area contributed by atoms with Gasteiger partial charge in [-0.3, -0.25) is 0 Å². The van der Waals surface area contributed by atoms with Crippen LogP contribution < -0.4 is 0 Å². The number of benzene rings is 3. The number of thiol groups is 1. The van der Waals surface area contributed by atoms with Gasteiger partial charge in [0.25, 0.3) is 0 Å². The Morgan fingerprint density at radius 2 is 1.72 bits per heavy atom. The predicted molar refractivity (Wildman–Crippen MR) is 110 cm³/mol. The first-order valence-corrected chi connectivity index (χ1v) is 9.09. The topological polar surface area (TPSA) is 29.4 Å². The van der Waals surface area contributed by atoms with E-state index in [9.17, 15) is 4.91 Å². The van der Waals surface area contributed by atoms with E-state index in [1.54, 1.807) is 18.2 Å². The van der Waals surface area contributed by atoms with E-state index in [-0.39, 0.29) is 0 Å². The van der Waals surface area contributed by atoms with E-state index in [1.807, 2.05) is 30.3 Å². The first kappa shape index (κ1) is 17.7. The minimum Gasteiger partial charge on any atom is -0.179 e. The molecule has 0 aliphatic rings. The first-order chi connectivity index (χ1) is 12.2. The molecule has 0 saturated heterocycles. The summed E-state index contributed by atoms with van der Waals surface area (Å²) in [5.41, 5.74) is 5.25. The summed E-state index contributed by atoms with van der Waals surface area (Å²) in [5.74, 6) is 1.15. The van der Waals surface area contributed by atoms with Crippen molar-refractivity contribution in [3.05, 3.63) is 82.2 Å². The summed E-state index contributed by atoms with van der Waals surface area (Å²) in [6.45, 7) is 2.15. The second-order valence-electron chi connectivity index (χ2n) is 5.98. The Labute approximate surface area is 158 Å². The van der Waals surface area contributed by atoms with Crippen molar-refractivity contribution in [1.82, 2.24) is 0 Å². The molecule has 25 heavy (non-hydrogen) atoms. The highest BCUT2D eigenvalue weighted by atomic mass is 35.5. The van der Waals surface area contributed by atoms with Gasteiger partial charge in [-0.05, 0) is 51.2 Å². The Balaban J connectivity index is 2.21. The standard InChI is InChI=1S/C21H18ClNOS/c1-14(13-25)15-6-4-7-16(12-15)17-8-2-3-9-18(17)21-19(22)10-5-11-20(21)23-24/h2-12,14,25H,13H2,1H3. The highest BCUT2D eigenvalue weighted by Gasteiger charge is 2.15. The lowest BCUT2D eigenvalue weighted by Gasteiger charge is -2.15. The number of nitroso groups, excluding NO2 is 1. The predicted octanol–water partition coefficient (Wildman–Crippen LogP) is 7.11. The molecule has 3 aromatic rings. The van der Waals surface area contributed by atoms with Crippen molar-refractivity contribution in [1.29, 1.82) is 0 Å². The minimum absolute atomic E-state index is 0.347. The molecule has 126 valence electrons. The molecule has 0 N–H and O–H groups in total. The molecule has 0 aliphatic heterocycles. The zero-order valence-electron chi connectivity index (χ0n) is 13.8. The molecule has 0 bridgehead atoms. The summed E-state index contributed by atoms with van der Waals surface area (Å²) >= 11 is 10.8. The van der Waals surface area contributed by atoms with Crippen molar-refractivity contribution in [3.63, 3.8) is 0 Å². The average Bonchev–Trinajstić information content (AvgIpc) is 2.67.